The van der Waals surface area contributed by atoms with Gasteiger partial charge in [-0.2, -0.15) is 0 Å². The summed E-state index contributed by atoms with van der Waals surface area (Å²) in [4.78, 5) is 0. The average Bonchev–Trinajstić information content (AvgIpc) is 2.93. The molecule has 0 amide bonds. The standard InChI is InChI=1S/C12H23NO3S/c1-12(2)7-11(14)5-6-13(9-12)17(15,16)8-10-3-4-10/h10-11,14H,3-9H2,1-2H3/t11-/m0/s1. The van der Waals surface area contributed by atoms with Gasteiger partial charge in [-0.1, -0.05) is 13.8 Å². The monoisotopic (exact) mass is 261 g/mol. The first-order valence-corrected chi connectivity index (χ1v) is 8.05. The van der Waals surface area contributed by atoms with Crippen LogP contribution in [0.2, 0.25) is 0 Å². The van der Waals surface area contributed by atoms with Crippen LogP contribution in [-0.2, 0) is 10.0 Å². The van der Waals surface area contributed by atoms with Gasteiger partial charge in [-0.05, 0) is 37.0 Å². The summed E-state index contributed by atoms with van der Waals surface area (Å²) in [5, 5.41) is 9.78. The second kappa shape index (κ2) is 4.52. The first kappa shape index (κ1) is 13.3. The van der Waals surface area contributed by atoms with E-state index in [0.717, 1.165) is 12.8 Å². The lowest BCUT2D eigenvalue weighted by Crippen LogP contribution is -2.39. The van der Waals surface area contributed by atoms with Crippen LogP contribution in [0.5, 0.6) is 0 Å². The predicted molar refractivity (Wildman–Crippen MR) is 67.1 cm³/mol. The molecule has 0 spiro atoms. The maximum absolute atomic E-state index is 12.2. The molecule has 1 saturated heterocycles. The molecule has 1 aliphatic heterocycles. The highest BCUT2D eigenvalue weighted by Gasteiger charge is 2.37. The molecular formula is C12H23NO3S. The molecule has 1 heterocycles. The Balaban J connectivity index is 2.08. The van der Waals surface area contributed by atoms with Gasteiger partial charge in [0.25, 0.3) is 0 Å². The molecule has 0 aromatic carbocycles. The molecule has 0 aromatic rings. The van der Waals surface area contributed by atoms with Gasteiger partial charge in [-0.25, -0.2) is 12.7 Å². The fourth-order valence-electron chi connectivity index (χ4n) is 2.58. The van der Waals surface area contributed by atoms with E-state index in [2.05, 4.69) is 0 Å². The van der Waals surface area contributed by atoms with Crippen LogP contribution in [0.3, 0.4) is 0 Å². The fraction of sp³-hybridized carbons (Fsp3) is 1.00. The minimum atomic E-state index is -3.12. The van der Waals surface area contributed by atoms with E-state index in [4.69, 9.17) is 0 Å². The molecule has 100 valence electrons. The van der Waals surface area contributed by atoms with Crippen LogP contribution in [0.4, 0.5) is 0 Å². The summed E-state index contributed by atoms with van der Waals surface area (Å²) in [6, 6.07) is 0. The zero-order chi connectivity index (χ0) is 12.7. The lowest BCUT2D eigenvalue weighted by Gasteiger charge is -2.29. The summed E-state index contributed by atoms with van der Waals surface area (Å²) >= 11 is 0. The van der Waals surface area contributed by atoms with Gasteiger partial charge >= 0.3 is 0 Å². The third-order valence-electron chi connectivity index (χ3n) is 3.64. The number of nitrogens with zero attached hydrogens (tertiary/aromatic N) is 1. The van der Waals surface area contributed by atoms with E-state index in [-0.39, 0.29) is 11.5 Å². The van der Waals surface area contributed by atoms with Crippen LogP contribution in [-0.4, -0.2) is 42.8 Å². The molecule has 5 heteroatoms. The molecule has 2 aliphatic rings. The molecule has 0 radical (unpaired) electrons. The molecule has 1 N–H and O–H groups in total. The molecule has 2 fully saturated rings. The van der Waals surface area contributed by atoms with Gasteiger partial charge in [-0.15, -0.1) is 0 Å². The van der Waals surface area contributed by atoms with Crippen LogP contribution < -0.4 is 0 Å². The second-order valence-electron chi connectivity index (χ2n) is 6.37. The van der Waals surface area contributed by atoms with Gasteiger partial charge in [-0.3, -0.25) is 0 Å². The highest BCUT2D eigenvalue weighted by molar-refractivity contribution is 7.89. The number of aliphatic hydroxyl groups excluding tert-OH is 1. The average molecular weight is 261 g/mol. The van der Waals surface area contributed by atoms with Crippen molar-refractivity contribution in [3.63, 3.8) is 0 Å². The minimum Gasteiger partial charge on any atom is -0.393 e. The van der Waals surface area contributed by atoms with Crippen molar-refractivity contribution in [3.8, 4) is 0 Å². The molecule has 2 rings (SSSR count). The minimum absolute atomic E-state index is 0.132. The second-order valence-corrected chi connectivity index (χ2v) is 8.38. The van der Waals surface area contributed by atoms with E-state index < -0.39 is 10.0 Å². The summed E-state index contributed by atoms with van der Waals surface area (Å²) in [5.74, 6) is 0.690. The Morgan fingerprint density at radius 2 is 1.94 bits per heavy atom. The lowest BCUT2D eigenvalue weighted by molar-refractivity contribution is 0.122. The van der Waals surface area contributed by atoms with Gasteiger partial charge in [0, 0.05) is 13.1 Å². The smallest absolute Gasteiger partial charge is 0.214 e. The highest BCUT2D eigenvalue weighted by atomic mass is 32.2. The maximum Gasteiger partial charge on any atom is 0.214 e. The Morgan fingerprint density at radius 1 is 1.29 bits per heavy atom. The molecule has 4 nitrogen and oxygen atoms in total. The number of rotatable bonds is 3. The molecule has 1 saturated carbocycles. The SMILES string of the molecule is CC1(C)C[C@@H](O)CCN(S(=O)(=O)CC2CC2)C1. The van der Waals surface area contributed by atoms with E-state index >= 15 is 0 Å². The number of hydrogen-bond donors (Lipinski definition) is 1. The first-order chi connectivity index (χ1) is 7.78. The van der Waals surface area contributed by atoms with E-state index in [9.17, 15) is 13.5 Å². The zero-order valence-electron chi connectivity index (χ0n) is 10.7. The molecule has 17 heavy (non-hydrogen) atoms. The van der Waals surface area contributed by atoms with E-state index in [1.54, 1.807) is 4.31 Å². The van der Waals surface area contributed by atoms with Crippen LogP contribution in [0.15, 0.2) is 0 Å². The largest absolute Gasteiger partial charge is 0.393 e. The van der Waals surface area contributed by atoms with Gasteiger partial charge in [0.1, 0.15) is 0 Å². The van der Waals surface area contributed by atoms with Gasteiger partial charge in [0.15, 0.2) is 0 Å². The Labute approximate surface area is 104 Å². The normalized spacial score (nSPS) is 31.1. The third kappa shape index (κ3) is 3.66. The van der Waals surface area contributed by atoms with Crippen molar-refractivity contribution < 1.29 is 13.5 Å². The highest BCUT2D eigenvalue weighted by Crippen LogP contribution is 2.34. The van der Waals surface area contributed by atoms with Crippen molar-refractivity contribution in [1.29, 1.82) is 0 Å². The first-order valence-electron chi connectivity index (χ1n) is 6.44. The van der Waals surface area contributed by atoms with Crippen molar-refractivity contribution >= 4 is 10.0 Å². The molecular weight excluding hydrogens is 238 g/mol. The number of hydrogen-bond acceptors (Lipinski definition) is 3. The Hall–Kier alpha value is -0.130. The van der Waals surface area contributed by atoms with Crippen molar-refractivity contribution in [2.45, 2.75) is 45.6 Å². The number of sulfonamides is 1. The summed E-state index contributed by atoms with van der Waals surface area (Å²) in [5.41, 5.74) is -0.132. The summed E-state index contributed by atoms with van der Waals surface area (Å²) in [7, 11) is -3.12. The Morgan fingerprint density at radius 3 is 2.53 bits per heavy atom. The predicted octanol–water partition coefficient (Wildman–Crippen LogP) is 1.21. The van der Waals surface area contributed by atoms with E-state index in [1.807, 2.05) is 13.8 Å². The van der Waals surface area contributed by atoms with Gasteiger partial charge in [0.2, 0.25) is 10.0 Å². The quantitative estimate of drug-likeness (QED) is 0.831. The fourth-order valence-corrected chi connectivity index (χ4v) is 4.65. The molecule has 0 bridgehead atoms. The summed E-state index contributed by atoms with van der Waals surface area (Å²) < 4.78 is 26.1. The van der Waals surface area contributed by atoms with Crippen molar-refractivity contribution in [2.75, 3.05) is 18.8 Å². The topological polar surface area (TPSA) is 57.6 Å². The van der Waals surface area contributed by atoms with Crippen LogP contribution in [0.25, 0.3) is 0 Å². The van der Waals surface area contributed by atoms with Crippen LogP contribution >= 0.6 is 0 Å². The Kier molecular flexibility index (Phi) is 3.54. The molecule has 0 aromatic heterocycles. The third-order valence-corrected chi connectivity index (χ3v) is 5.63. The van der Waals surface area contributed by atoms with Crippen LogP contribution in [0, 0.1) is 11.3 Å². The lowest BCUT2D eigenvalue weighted by atomic mass is 9.87. The van der Waals surface area contributed by atoms with Crippen LogP contribution in [0.1, 0.15) is 39.5 Å². The van der Waals surface area contributed by atoms with Gasteiger partial charge < -0.3 is 5.11 Å². The van der Waals surface area contributed by atoms with E-state index in [0.29, 0.717) is 37.6 Å². The van der Waals surface area contributed by atoms with Crippen molar-refractivity contribution in [1.82, 2.24) is 4.31 Å². The zero-order valence-corrected chi connectivity index (χ0v) is 11.5. The molecule has 1 aliphatic carbocycles. The summed E-state index contributed by atoms with van der Waals surface area (Å²) in [6.45, 7) is 5.07. The molecule has 0 unspecified atom stereocenters. The van der Waals surface area contributed by atoms with Crippen molar-refractivity contribution in [3.05, 3.63) is 0 Å². The maximum atomic E-state index is 12.2. The van der Waals surface area contributed by atoms with Crippen molar-refractivity contribution in [2.24, 2.45) is 11.3 Å². The molecule has 1 atom stereocenters. The Bertz CT molecular complexity index is 373. The summed E-state index contributed by atoms with van der Waals surface area (Å²) in [6.07, 6.45) is 2.99. The van der Waals surface area contributed by atoms with E-state index in [1.165, 1.54) is 0 Å². The van der Waals surface area contributed by atoms with Gasteiger partial charge in [0.05, 0.1) is 11.9 Å². The number of aliphatic hydroxyl groups is 1.